The monoisotopic (exact) mass is 289 g/mol. The van der Waals surface area contributed by atoms with Gasteiger partial charge in [-0.3, -0.25) is 0 Å². The number of nitrogens with one attached hydrogen (secondary N) is 1. The van der Waals surface area contributed by atoms with Gasteiger partial charge in [0.1, 0.15) is 0 Å². The summed E-state index contributed by atoms with van der Waals surface area (Å²) in [7, 11) is 0. The van der Waals surface area contributed by atoms with Gasteiger partial charge in [0.2, 0.25) is 0 Å². The highest BCUT2D eigenvalue weighted by molar-refractivity contribution is 5.34. The molecule has 0 spiro atoms. The largest absolute Gasteiger partial charge is 0.378 e. The minimum Gasteiger partial charge on any atom is -0.378 e. The van der Waals surface area contributed by atoms with Crippen molar-refractivity contribution in [2.45, 2.75) is 53.6 Å². The van der Waals surface area contributed by atoms with Crippen LogP contribution in [0.15, 0.2) is 18.2 Å². The maximum absolute atomic E-state index is 5.94. The third-order valence-electron chi connectivity index (χ3n) is 5.03. The first-order valence-corrected chi connectivity index (χ1v) is 8.32. The van der Waals surface area contributed by atoms with E-state index < -0.39 is 0 Å². The molecule has 1 aromatic rings. The fraction of sp³-hybridized carbons (Fsp3) is 0.684. The van der Waals surface area contributed by atoms with Gasteiger partial charge in [-0.15, -0.1) is 0 Å². The van der Waals surface area contributed by atoms with Gasteiger partial charge in [-0.25, -0.2) is 0 Å². The standard InChI is InChI=1S/C19H31NO/c1-14(2)12-20-13-19(9-10-21-17(19)5)11-18-15(3)7-6-8-16(18)4/h6-8,14,17,20H,9-13H2,1-5H3. The summed E-state index contributed by atoms with van der Waals surface area (Å²) in [4.78, 5) is 0. The van der Waals surface area contributed by atoms with Crippen molar-refractivity contribution in [3.05, 3.63) is 34.9 Å². The van der Waals surface area contributed by atoms with Crippen LogP contribution in [0.1, 0.15) is 43.9 Å². The quantitative estimate of drug-likeness (QED) is 0.858. The molecule has 2 unspecified atom stereocenters. The molecular formula is C19H31NO. The first-order valence-electron chi connectivity index (χ1n) is 8.32. The Morgan fingerprint density at radius 1 is 1.29 bits per heavy atom. The van der Waals surface area contributed by atoms with Crippen molar-refractivity contribution < 1.29 is 4.74 Å². The first kappa shape index (κ1) is 16.5. The lowest BCUT2D eigenvalue weighted by atomic mass is 9.74. The van der Waals surface area contributed by atoms with Crippen LogP contribution in [-0.4, -0.2) is 25.8 Å². The van der Waals surface area contributed by atoms with E-state index in [0.717, 1.165) is 32.5 Å². The highest BCUT2D eigenvalue weighted by atomic mass is 16.5. The maximum atomic E-state index is 5.94. The topological polar surface area (TPSA) is 21.3 Å². The van der Waals surface area contributed by atoms with Crippen LogP contribution >= 0.6 is 0 Å². The SMILES string of the molecule is Cc1cccc(C)c1CC1(CNCC(C)C)CCOC1C. The van der Waals surface area contributed by atoms with Crippen molar-refractivity contribution in [1.29, 1.82) is 0 Å². The van der Waals surface area contributed by atoms with E-state index in [4.69, 9.17) is 4.74 Å². The van der Waals surface area contributed by atoms with Crippen molar-refractivity contribution >= 4 is 0 Å². The molecule has 0 saturated carbocycles. The number of rotatable bonds is 6. The molecule has 0 amide bonds. The minimum absolute atomic E-state index is 0.242. The molecule has 118 valence electrons. The Labute approximate surface area is 130 Å². The predicted octanol–water partition coefficient (Wildman–Crippen LogP) is 3.89. The zero-order valence-corrected chi connectivity index (χ0v) is 14.3. The Morgan fingerprint density at radius 2 is 1.95 bits per heavy atom. The average Bonchev–Trinajstić information content (AvgIpc) is 2.76. The van der Waals surface area contributed by atoms with E-state index in [1.165, 1.54) is 16.7 Å². The van der Waals surface area contributed by atoms with Crippen LogP contribution in [-0.2, 0) is 11.2 Å². The highest BCUT2D eigenvalue weighted by Gasteiger charge is 2.41. The second-order valence-corrected chi connectivity index (χ2v) is 7.20. The van der Waals surface area contributed by atoms with Crippen LogP contribution < -0.4 is 5.32 Å². The van der Waals surface area contributed by atoms with Gasteiger partial charge in [-0.2, -0.15) is 0 Å². The number of ether oxygens (including phenoxy) is 1. The molecule has 2 heteroatoms. The Bertz CT molecular complexity index is 448. The van der Waals surface area contributed by atoms with Crippen molar-refractivity contribution in [2.75, 3.05) is 19.7 Å². The fourth-order valence-corrected chi connectivity index (χ4v) is 3.44. The van der Waals surface area contributed by atoms with E-state index in [1.54, 1.807) is 0 Å². The minimum atomic E-state index is 0.242. The van der Waals surface area contributed by atoms with Gasteiger partial charge in [0.05, 0.1) is 6.10 Å². The van der Waals surface area contributed by atoms with E-state index in [1.807, 2.05) is 0 Å². The van der Waals surface area contributed by atoms with E-state index in [9.17, 15) is 0 Å². The van der Waals surface area contributed by atoms with Crippen molar-refractivity contribution in [3.8, 4) is 0 Å². The Hall–Kier alpha value is -0.860. The van der Waals surface area contributed by atoms with Crippen LogP contribution in [0, 0.1) is 25.2 Å². The third kappa shape index (κ3) is 3.87. The molecule has 1 aliphatic heterocycles. The Kier molecular flexibility index (Phi) is 5.45. The van der Waals surface area contributed by atoms with Gasteiger partial charge in [-0.05, 0) is 62.8 Å². The molecule has 1 N–H and O–H groups in total. The van der Waals surface area contributed by atoms with Gasteiger partial charge in [0, 0.05) is 18.6 Å². The number of benzene rings is 1. The molecule has 1 aliphatic rings. The molecule has 2 nitrogen and oxygen atoms in total. The Balaban J connectivity index is 2.17. The smallest absolute Gasteiger partial charge is 0.0619 e. The molecule has 2 atom stereocenters. The highest BCUT2D eigenvalue weighted by Crippen LogP contribution is 2.39. The molecule has 2 rings (SSSR count). The summed E-state index contributed by atoms with van der Waals surface area (Å²) in [5.74, 6) is 0.694. The van der Waals surface area contributed by atoms with E-state index >= 15 is 0 Å². The molecule has 0 aliphatic carbocycles. The van der Waals surface area contributed by atoms with Crippen LogP contribution in [0.2, 0.25) is 0 Å². The second-order valence-electron chi connectivity index (χ2n) is 7.20. The summed E-state index contributed by atoms with van der Waals surface area (Å²) >= 11 is 0. The van der Waals surface area contributed by atoms with Crippen molar-refractivity contribution in [1.82, 2.24) is 5.32 Å². The van der Waals surface area contributed by atoms with Crippen LogP contribution in [0.5, 0.6) is 0 Å². The van der Waals surface area contributed by atoms with Crippen LogP contribution in [0.3, 0.4) is 0 Å². The van der Waals surface area contributed by atoms with Crippen LogP contribution in [0.4, 0.5) is 0 Å². The molecule has 1 aromatic carbocycles. The van der Waals surface area contributed by atoms with Gasteiger partial charge in [-0.1, -0.05) is 32.0 Å². The van der Waals surface area contributed by atoms with Gasteiger partial charge in [0.25, 0.3) is 0 Å². The molecule has 1 heterocycles. The Morgan fingerprint density at radius 3 is 2.48 bits per heavy atom. The first-order chi connectivity index (χ1) is 9.94. The molecule has 0 radical (unpaired) electrons. The zero-order chi connectivity index (χ0) is 15.5. The predicted molar refractivity (Wildman–Crippen MR) is 89.8 cm³/mol. The molecule has 1 saturated heterocycles. The number of aryl methyl sites for hydroxylation is 2. The molecular weight excluding hydrogens is 258 g/mol. The van der Waals surface area contributed by atoms with E-state index in [-0.39, 0.29) is 5.41 Å². The van der Waals surface area contributed by atoms with E-state index in [0.29, 0.717) is 12.0 Å². The molecule has 21 heavy (non-hydrogen) atoms. The number of hydrogen-bond acceptors (Lipinski definition) is 2. The van der Waals surface area contributed by atoms with E-state index in [2.05, 4.69) is 58.1 Å². The summed E-state index contributed by atoms with van der Waals surface area (Å²) in [5, 5.41) is 3.68. The van der Waals surface area contributed by atoms with Gasteiger partial charge < -0.3 is 10.1 Å². The van der Waals surface area contributed by atoms with Crippen LogP contribution in [0.25, 0.3) is 0 Å². The normalized spacial score (nSPS) is 25.7. The number of hydrogen-bond donors (Lipinski definition) is 1. The maximum Gasteiger partial charge on any atom is 0.0619 e. The lowest BCUT2D eigenvalue weighted by molar-refractivity contribution is 0.0626. The summed E-state index contributed by atoms with van der Waals surface area (Å²) in [6.07, 6.45) is 2.61. The molecule has 1 fully saturated rings. The summed E-state index contributed by atoms with van der Waals surface area (Å²) < 4.78 is 5.94. The summed E-state index contributed by atoms with van der Waals surface area (Å²) in [6, 6.07) is 6.63. The van der Waals surface area contributed by atoms with Gasteiger partial charge >= 0.3 is 0 Å². The fourth-order valence-electron chi connectivity index (χ4n) is 3.44. The lowest BCUT2D eigenvalue weighted by Crippen LogP contribution is -2.42. The zero-order valence-electron chi connectivity index (χ0n) is 14.3. The van der Waals surface area contributed by atoms with Gasteiger partial charge in [0.15, 0.2) is 0 Å². The second kappa shape index (κ2) is 6.93. The summed E-state index contributed by atoms with van der Waals surface area (Å²) in [6.45, 7) is 14.3. The van der Waals surface area contributed by atoms with Crippen molar-refractivity contribution in [3.63, 3.8) is 0 Å². The lowest BCUT2D eigenvalue weighted by Gasteiger charge is -2.34. The molecule has 0 aromatic heterocycles. The summed E-state index contributed by atoms with van der Waals surface area (Å²) in [5.41, 5.74) is 4.59. The molecule has 0 bridgehead atoms. The van der Waals surface area contributed by atoms with Crippen molar-refractivity contribution in [2.24, 2.45) is 11.3 Å². The average molecular weight is 289 g/mol. The third-order valence-corrected chi connectivity index (χ3v) is 5.03.